The van der Waals surface area contributed by atoms with Gasteiger partial charge in [-0.15, -0.1) is 0 Å². The molecule has 0 amide bonds. The van der Waals surface area contributed by atoms with Crippen molar-refractivity contribution < 1.29 is 0 Å². The van der Waals surface area contributed by atoms with E-state index in [-0.39, 0.29) is 10.8 Å². The normalized spacial score (nSPS) is 11.7. The number of hydrogen-bond donors (Lipinski definition) is 0. The van der Waals surface area contributed by atoms with Crippen molar-refractivity contribution >= 4 is 17.1 Å². The number of hydrogen-bond acceptors (Lipinski definition) is 2. The molecule has 62 heavy (non-hydrogen) atoms. The summed E-state index contributed by atoms with van der Waals surface area (Å²) in [5.74, 6) is 0. The van der Waals surface area contributed by atoms with Gasteiger partial charge in [0.05, 0.1) is 17.1 Å². The Morgan fingerprint density at radius 3 is 1.18 bits per heavy atom. The number of para-hydroxylation sites is 2. The van der Waals surface area contributed by atoms with Gasteiger partial charge in [0.25, 0.3) is 0 Å². The minimum absolute atomic E-state index is 0.0724. The second kappa shape index (κ2) is 16.7. The van der Waals surface area contributed by atoms with Crippen molar-refractivity contribution in [3.05, 3.63) is 223 Å². The van der Waals surface area contributed by atoms with Crippen LogP contribution >= 0.6 is 0 Å². The molecule has 1 heterocycles. The average molecular weight is 804 g/mol. The molecule has 0 N–H and O–H groups in total. The molecule has 304 valence electrons. The Labute approximate surface area is 367 Å². The van der Waals surface area contributed by atoms with E-state index in [9.17, 15) is 0 Å². The lowest BCUT2D eigenvalue weighted by Crippen LogP contribution is -2.10. The van der Waals surface area contributed by atoms with Crippen molar-refractivity contribution in [3.8, 4) is 61.6 Å². The summed E-state index contributed by atoms with van der Waals surface area (Å²) in [7, 11) is 0. The molecule has 0 radical (unpaired) electrons. The van der Waals surface area contributed by atoms with Crippen LogP contribution < -0.4 is 4.90 Å². The van der Waals surface area contributed by atoms with Gasteiger partial charge in [0, 0.05) is 28.2 Å². The number of nitrogens with zero attached hydrogens (tertiary/aromatic N) is 3. The summed E-state index contributed by atoms with van der Waals surface area (Å²) in [5, 5.41) is 5.27. The fourth-order valence-electron chi connectivity index (χ4n) is 8.32. The van der Waals surface area contributed by atoms with E-state index in [2.05, 4.69) is 263 Å². The molecule has 0 saturated carbocycles. The lowest BCUT2D eigenvalue weighted by atomic mass is 9.86. The summed E-state index contributed by atoms with van der Waals surface area (Å²) in [6.45, 7) is 13.5. The molecule has 3 nitrogen and oxygen atoms in total. The van der Waals surface area contributed by atoms with Gasteiger partial charge in [-0.25, -0.2) is 4.68 Å². The number of benzene rings is 8. The van der Waals surface area contributed by atoms with E-state index in [4.69, 9.17) is 5.10 Å². The molecular weight excluding hydrogens is 751 g/mol. The molecule has 0 aliphatic heterocycles. The molecular formula is C59H53N3. The molecule has 3 heteroatoms. The van der Waals surface area contributed by atoms with Crippen LogP contribution in [0.5, 0.6) is 0 Å². The fourth-order valence-corrected chi connectivity index (χ4v) is 8.32. The Kier molecular flexibility index (Phi) is 10.8. The van der Waals surface area contributed by atoms with Crippen LogP contribution in [0, 0.1) is 0 Å². The van der Waals surface area contributed by atoms with Crippen molar-refractivity contribution in [2.24, 2.45) is 0 Å². The van der Waals surface area contributed by atoms with E-state index in [1.54, 1.807) is 0 Å². The molecule has 9 rings (SSSR count). The zero-order valence-corrected chi connectivity index (χ0v) is 36.5. The molecule has 0 saturated heterocycles. The summed E-state index contributed by atoms with van der Waals surface area (Å²) in [4.78, 5) is 2.30. The Morgan fingerprint density at radius 1 is 0.355 bits per heavy atom. The van der Waals surface area contributed by atoms with Crippen molar-refractivity contribution in [2.75, 3.05) is 4.90 Å². The summed E-state index contributed by atoms with van der Waals surface area (Å²) < 4.78 is 2.10. The lowest BCUT2D eigenvalue weighted by Gasteiger charge is -2.25. The monoisotopic (exact) mass is 803 g/mol. The minimum atomic E-state index is 0.0724. The molecule has 1 aromatic heterocycles. The topological polar surface area (TPSA) is 21.1 Å². The maximum absolute atomic E-state index is 5.27. The van der Waals surface area contributed by atoms with Crippen LogP contribution in [-0.4, -0.2) is 9.78 Å². The van der Waals surface area contributed by atoms with Gasteiger partial charge in [-0.1, -0.05) is 199 Å². The van der Waals surface area contributed by atoms with Gasteiger partial charge < -0.3 is 4.90 Å². The van der Waals surface area contributed by atoms with E-state index in [0.29, 0.717) is 0 Å². The summed E-state index contributed by atoms with van der Waals surface area (Å²) in [6.07, 6.45) is 0. The zero-order chi connectivity index (χ0) is 42.8. The maximum atomic E-state index is 5.27. The Balaban J connectivity index is 1.06. The van der Waals surface area contributed by atoms with Crippen LogP contribution in [0.1, 0.15) is 52.7 Å². The van der Waals surface area contributed by atoms with Crippen LogP contribution in [0.2, 0.25) is 0 Å². The van der Waals surface area contributed by atoms with Gasteiger partial charge in [0.1, 0.15) is 0 Å². The number of aromatic nitrogens is 2. The Hall–Kier alpha value is -7.23. The highest BCUT2D eigenvalue weighted by Gasteiger charge is 2.20. The highest BCUT2D eigenvalue weighted by molar-refractivity contribution is 5.92. The third-order valence-electron chi connectivity index (χ3n) is 11.8. The van der Waals surface area contributed by atoms with Gasteiger partial charge in [-0.2, -0.15) is 5.10 Å². The second-order valence-corrected chi connectivity index (χ2v) is 18.2. The predicted octanol–water partition coefficient (Wildman–Crippen LogP) is 16.3. The van der Waals surface area contributed by atoms with E-state index in [0.717, 1.165) is 50.8 Å². The lowest BCUT2D eigenvalue weighted by molar-refractivity contribution is 0.590. The van der Waals surface area contributed by atoms with Crippen LogP contribution in [0.25, 0.3) is 61.6 Å². The minimum Gasteiger partial charge on any atom is -0.311 e. The summed E-state index contributed by atoms with van der Waals surface area (Å²) in [5.41, 5.74) is 18.5. The summed E-state index contributed by atoms with van der Waals surface area (Å²) in [6, 6.07) is 76.5. The van der Waals surface area contributed by atoms with Crippen molar-refractivity contribution in [2.45, 2.75) is 52.4 Å². The van der Waals surface area contributed by atoms with Crippen LogP contribution in [0.3, 0.4) is 0 Å². The molecule has 0 atom stereocenters. The third kappa shape index (κ3) is 8.27. The van der Waals surface area contributed by atoms with Crippen molar-refractivity contribution in [1.29, 1.82) is 0 Å². The predicted molar refractivity (Wildman–Crippen MR) is 263 cm³/mol. The quantitative estimate of drug-likeness (QED) is 0.145. The maximum Gasteiger partial charge on any atom is 0.0934 e. The second-order valence-electron chi connectivity index (χ2n) is 18.2. The van der Waals surface area contributed by atoms with Crippen molar-refractivity contribution in [1.82, 2.24) is 9.78 Å². The van der Waals surface area contributed by atoms with Gasteiger partial charge in [0.15, 0.2) is 0 Å². The average Bonchev–Trinajstić information content (AvgIpc) is 3.76. The highest BCUT2D eigenvalue weighted by atomic mass is 15.3. The molecule has 0 fully saturated rings. The smallest absolute Gasteiger partial charge is 0.0934 e. The number of rotatable bonds is 9. The molecule has 0 spiro atoms. The van der Waals surface area contributed by atoms with E-state index in [1.807, 2.05) is 0 Å². The van der Waals surface area contributed by atoms with E-state index >= 15 is 0 Å². The SMILES string of the molecule is CC(C)(C)c1ccc(-c2cc(-c3ccc(C(C)(C)C)cc3)n(-c3ccc(-c4ccccc4-c4ccccc4-c4ccc(N(c5ccccc5)c5ccccc5)cc4)cc3)n2)cc1. The third-order valence-corrected chi connectivity index (χ3v) is 11.8. The first-order valence-electron chi connectivity index (χ1n) is 21.6. The first-order valence-corrected chi connectivity index (χ1v) is 21.6. The first kappa shape index (κ1) is 40.2. The standard InChI is InChI=1S/C59H53N3/c1-58(2,3)46-33-25-44(26-34-46)56-41-57(45-27-35-47(36-28-45)59(4,5)6)62(60-56)51-39-31-43(32-40-51)53-22-14-16-24-55(53)54-23-15-13-21-52(54)42-29-37-50(38-30-42)61(48-17-9-7-10-18-48)49-19-11-8-12-20-49/h7-41H,1-6H3. The van der Waals surface area contributed by atoms with E-state index < -0.39 is 0 Å². The van der Waals surface area contributed by atoms with Gasteiger partial charge >= 0.3 is 0 Å². The van der Waals surface area contributed by atoms with Crippen molar-refractivity contribution in [3.63, 3.8) is 0 Å². The van der Waals surface area contributed by atoms with Crippen LogP contribution in [-0.2, 0) is 10.8 Å². The van der Waals surface area contributed by atoms with Gasteiger partial charge in [-0.05, 0) is 110 Å². The molecule has 0 bridgehead atoms. The highest BCUT2D eigenvalue weighted by Crippen LogP contribution is 2.41. The van der Waals surface area contributed by atoms with Crippen LogP contribution in [0.4, 0.5) is 17.1 Å². The molecule has 0 unspecified atom stereocenters. The zero-order valence-electron chi connectivity index (χ0n) is 36.5. The van der Waals surface area contributed by atoms with Gasteiger partial charge in [0.2, 0.25) is 0 Å². The van der Waals surface area contributed by atoms with E-state index in [1.165, 1.54) is 38.9 Å². The molecule has 9 aromatic rings. The Bertz CT molecular complexity index is 2870. The Morgan fingerprint density at radius 2 is 0.726 bits per heavy atom. The first-order chi connectivity index (χ1) is 30.0. The molecule has 0 aliphatic carbocycles. The van der Waals surface area contributed by atoms with Crippen LogP contribution in [0.15, 0.2) is 212 Å². The van der Waals surface area contributed by atoms with Gasteiger partial charge in [-0.3, -0.25) is 0 Å². The summed E-state index contributed by atoms with van der Waals surface area (Å²) >= 11 is 0. The largest absolute Gasteiger partial charge is 0.311 e. The fraction of sp³-hybridized carbons (Fsp3) is 0.136. The molecule has 0 aliphatic rings. The molecule has 8 aromatic carbocycles. The number of anilines is 3.